The molecular weight excluding hydrogens is 146 g/mol. The lowest BCUT2D eigenvalue weighted by atomic mass is 10.4. The standard InChI is InChI=1S/C4H4ClNO3/c5-3(7)2-1-9-4(8)6-2/h2H,1H2,(H,6,8)/t2-/m0/s1. The summed E-state index contributed by atoms with van der Waals surface area (Å²) in [7, 11) is 0. The van der Waals surface area contributed by atoms with Crippen molar-refractivity contribution in [3.8, 4) is 0 Å². The van der Waals surface area contributed by atoms with E-state index in [1.54, 1.807) is 0 Å². The Morgan fingerprint density at radius 2 is 2.56 bits per heavy atom. The molecule has 1 rings (SSSR count). The van der Waals surface area contributed by atoms with Gasteiger partial charge in [-0.25, -0.2) is 4.79 Å². The van der Waals surface area contributed by atoms with Gasteiger partial charge in [-0.3, -0.25) is 4.79 Å². The molecule has 0 radical (unpaired) electrons. The summed E-state index contributed by atoms with van der Waals surface area (Å²) in [6, 6.07) is -0.654. The summed E-state index contributed by atoms with van der Waals surface area (Å²) in [5, 5.41) is 1.61. The van der Waals surface area contributed by atoms with Crippen LogP contribution in [0, 0.1) is 0 Å². The number of amides is 1. The predicted molar refractivity (Wildman–Crippen MR) is 29.1 cm³/mol. The van der Waals surface area contributed by atoms with E-state index in [9.17, 15) is 9.59 Å². The lowest BCUT2D eigenvalue weighted by molar-refractivity contribution is -0.113. The van der Waals surface area contributed by atoms with Crippen molar-refractivity contribution in [3.05, 3.63) is 0 Å². The Labute approximate surface area is 56.1 Å². The van der Waals surface area contributed by atoms with E-state index in [2.05, 4.69) is 10.1 Å². The SMILES string of the molecule is O=C1N[C@H](C(=O)Cl)CO1. The van der Waals surface area contributed by atoms with E-state index < -0.39 is 17.4 Å². The van der Waals surface area contributed by atoms with Gasteiger partial charge in [0.1, 0.15) is 12.6 Å². The molecule has 0 spiro atoms. The number of ether oxygens (including phenoxy) is 1. The summed E-state index contributed by atoms with van der Waals surface area (Å²) in [5.41, 5.74) is 0. The minimum atomic E-state index is -0.654. The lowest BCUT2D eigenvalue weighted by Gasteiger charge is -1.95. The molecule has 0 aromatic rings. The van der Waals surface area contributed by atoms with Gasteiger partial charge in [0.2, 0.25) is 5.24 Å². The number of carbonyl (C=O) groups excluding carboxylic acids is 2. The molecule has 0 aliphatic carbocycles. The Balaban J connectivity index is 2.48. The maximum Gasteiger partial charge on any atom is 0.407 e. The molecule has 0 unspecified atom stereocenters. The zero-order valence-corrected chi connectivity index (χ0v) is 5.14. The van der Waals surface area contributed by atoms with Gasteiger partial charge in [0, 0.05) is 0 Å². The highest BCUT2D eigenvalue weighted by molar-refractivity contribution is 6.65. The Bertz CT molecular complexity index is 158. The summed E-state index contributed by atoms with van der Waals surface area (Å²) in [4.78, 5) is 20.5. The van der Waals surface area contributed by atoms with Crippen LogP contribution in [0.4, 0.5) is 4.79 Å². The number of halogens is 1. The third-order valence-electron chi connectivity index (χ3n) is 0.947. The Kier molecular flexibility index (Phi) is 1.57. The van der Waals surface area contributed by atoms with Gasteiger partial charge in [-0.15, -0.1) is 0 Å². The van der Waals surface area contributed by atoms with Crippen molar-refractivity contribution >= 4 is 22.9 Å². The van der Waals surface area contributed by atoms with Crippen LogP contribution in [0.3, 0.4) is 0 Å². The van der Waals surface area contributed by atoms with Crippen LogP contribution in [0.5, 0.6) is 0 Å². The normalized spacial score (nSPS) is 25.0. The highest BCUT2D eigenvalue weighted by Gasteiger charge is 2.26. The number of alkyl carbamates (subject to hydrolysis) is 1. The van der Waals surface area contributed by atoms with E-state index in [0.717, 1.165) is 0 Å². The summed E-state index contributed by atoms with van der Waals surface area (Å²) >= 11 is 5.02. The van der Waals surface area contributed by atoms with Gasteiger partial charge in [0.25, 0.3) is 0 Å². The van der Waals surface area contributed by atoms with E-state index in [-0.39, 0.29) is 6.61 Å². The first kappa shape index (κ1) is 6.35. The van der Waals surface area contributed by atoms with Crippen LogP contribution in [0.1, 0.15) is 0 Å². The number of rotatable bonds is 1. The highest BCUT2D eigenvalue weighted by atomic mass is 35.5. The van der Waals surface area contributed by atoms with Crippen molar-refractivity contribution in [1.82, 2.24) is 5.32 Å². The summed E-state index contributed by atoms with van der Waals surface area (Å²) in [6.07, 6.45) is -0.589. The number of cyclic esters (lactones) is 1. The highest BCUT2D eigenvalue weighted by Crippen LogP contribution is 2.00. The van der Waals surface area contributed by atoms with E-state index in [1.807, 2.05) is 0 Å². The molecule has 1 atom stereocenters. The van der Waals surface area contributed by atoms with Crippen LogP contribution < -0.4 is 5.32 Å². The maximum atomic E-state index is 10.3. The van der Waals surface area contributed by atoms with Crippen LogP contribution >= 0.6 is 11.6 Å². The van der Waals surface area contributed by atoms with Crippen LogP contribution in [0.15, 0.2) is 0 Å². The molecule has 0 aromatic heterocycles. The minimum absolute atomic E-state index is 0.0428. The fourth-order valence-corrected chi connectivity index (χ4v) is 0.624. The molecule has 0 saturated carbocycles. The van der Waals surface area contributed by atoms with Gasteiger partial charge in [0.05, 0.1) is 0 Å². The van der Waals surface area contributed by atoms with Crippen LogP contribution in [0.2, 0.25) is 0 Å². The van der Waals surface area contributed by atoms with Gasteiger partial charge < -0.3 is 10.1 Å². The van der Waals surface area contributed by atoms with Crippen molar-refractivity contribution in [2.45, 2.75) is 6.04 Å². The quantitative estimate of drug-likeness (QED) is 0.528. The number of hydrogen-bond donors (Lipinski definition) is 1. The average Bonchev–Trinajstić information content (AvgIpc) is 2.14. The van der Waals surface area contributed by atoms with E-state index in [4.69, 9.17) is 11.6 Å². The molecule has 0 bridgehead atoms. The maximum absolute atomic E-state index is 10.3. The molecule has 1 saturated heterocycles. The second kappa shape index (κ2) is 2.23. The van der Waals surface area contributed by atoms with Crippen LogP contribution in [-0.4, -0.2) is 24.0 Å². The number of carbonyl (C=O) groups is 2. The second-order valence-electron chi connectivity index (χ2n) is 1.60. The summed E-state index contributed by atoms with van der Waals surface area (Å²) < 4.78 is 4.37. The van der Waals surface area contributed by atoms with Gasteiger partial charge in [-0.1, -0.05) is 0 Å². The second-order valence-corrected chi connectivity index (χ2v) is 1.97. The topological polar surface area (TPSA) is 55.4 Å². The van der Waals surface area contributed by atoms with Crippen molar-refractivity contribution in [3.63, 3.8) is 0 Å². The first-order valence-corrected chi connectivity index (χ1v) is 2.70. The van der Waals surface area contributed by atoms with E-state index >= 15 is 0 Å². The van der Waals surface area contributed by atoms with Crippen LogP contribution in [-0.2, 0) is 9.53 Å². The molecule has 1 N–H and O–H groups in total. The first-order valence-electron chi connectivity index (χ1n) is 2.33. The smallest absolute Gasteiger partial charge is 0.407 e. The molecule has 50 valence electrons. The van der Waals surface area contributed by atoms with Gasteiger partial charge in [0.15, 0.2) is 0 Å². The fourth-order valence-electron chi connectivity index (χ4n) is 0.507. The van der Waals surface area contributed by atoms with Crippen molar-refractivity contribution in [2.75, 3.05) is 6.61 Å². The number of nitrogens with one attached hydrogen (secondary N) is 1. The van der Waals surface area contributed by atoms with Crippen molar-refractivity contribution < 1.29 is 14.3 Å². The molecule has 0 aromatic carbocycles. The first-order chi connectivity index (χ1) is 4.20. The summed E-state index contributed by atoms with van der Waals surface area (Å²) in [5.74, 6) is 0. The molecule has 4 nitrogen and oxygen atoms in total. The van der Waals surface area contributed by atoms with Gasteiger partial charge in [-0.2, -0.15) is 0 Å². The third kappa shape index (κ3) is 1.32. The largest absolute Gasteiger partial charge is 0.447 e. The van der Waals surface area contributed by atoms with Gasteiger partial charge >= 0.3 is 6.09 Å². The summed E-state index contributed by atoms with van der Waals surface area (Å²) in [6.45, 7) is 0.0428. The Morgan fingerprint density at radius 3 is 2.78 bits per heavy atom. The van der Waals surface area contributed by atoms with Crippen molar-refractivity contribution in [2.24, 2.45) is 0 Å². The fraction of sp³-hybridized carbons (Fsp3) is 0.500. The predicted octanol–water partition coefficient (Wildman–Crippen LogP) is -0.140. The zero-order valence-electron chi connectivity index (χ0n) is 4.39. The molecule has 1 fully saturated rings. The molecule has 5 heteroatoms. The zero-order chi connectivity index (χ0) is 6.85. The Hall–Kier alpha value is -0.770. The number of hydrogen-bond acceptors (Lipinski definition) is 3. The molecule has 1 amide bonds. The molecule has 1 aliphatic rings. The Morgan fingerprint density at radius 1 is 1.89 bits per heavy atom. The van der Waals surface area contributed by atoms with E-state index in [1.165, 1.54) is 0 Å². The lowest BCUT2D eigenvalue weighted by Crippen LogP contribution is -2.31. The third-order valence-corrected chi connectivity index (χ3v) is 1.21. The molecule has 9 heavy (non-hydrogen) atoms. The molecule has 1 aliphatic heterocycles. The molecule has 1 heterocycles. The van der Waals surface area contributed by atoms with E-state index in [0.29, 0.717) is 0 Å². The van der Waals surface area contributed by atoms with Gasteiger partial charge in [-0.05, 0) is 11.6 Å². The van der Waals surface area contributed by atoms with Crippen molar-refractivity contribution in [1.29, 1.82) is 0 Å². The molecular formula is C4H4ClNO3. The van der Waals surface area contributed by atoms with Crippen LogP contribution in [0.25, 0.3) is 0 Å². The average molecular weight is 150 g/mol. The monoisotopic (exact) mass is 149 g/mol. The minimum Gasteiger partial charge on any atom is -0.447 e.